The number of rotatable bonds is 6. The van der Waals surface area contributed by atoms with Crippen molar-refractivity contribution in [2.75, 3.05) is 20.8 Å². The second-order valence-corrected chi connectivity index (χ2v) is 5.97. The maximum Gasteiger partial charge on any atom is 0.339 e. The van der Waals surface area contributed by atoms with Crippen molar-refractivity contribution in [2.24, 2.45) is 0 Å². The van der Waals surface area contributed by atoms with Gasteiger partial charge in [-0.25, -0.2) is 9.59 Å². The van der Waals surface area contributed by atoms with Crippen LogP contribution in [0.2, 0.25) is 0 Å². The van der Waals surface area contributed by atoms with E-state index >= 15 is 0 Å². The van der Waals surface area contributed by atoms with Gasteiger partial charge in [-0.05, 0) is 23.6 Å². The Bertz CT molecular complexity index is 726. The third-order valence-corrected chi connectivity index (χ3v) is 4.14. The number of hydrogen-bond donors (Lipinski definition) is 0. The molecular formula is C17H17NO5S. The van der Waals surface area contributed by atoms with Gasteiger partial charge in [0.2, 0.25) is 0 Å². The number of carbonyl (C=O) groups is 3. The topological polar surface area (TPSA) is 72.9 Å². The molecule has 0 aliphatic carbocycles. The Hall–Kier alpha value is -2.67. The van der Waals surface area contributed by atoms with Crippen molar-refractivity contribution >= 4 is 29.2 Å². The van der Waals surface area contributed by atoms with Gasteiger partial charge in [0.15, 0.2) is 6.61 Å². The van der Waals surface area contributed by atoms with E-state index in [2.05, 4.69) is 4.74 Å². The van der Waals surface area contributed by atoms with E-state index in [1.165, 1.54) is 24.1 Å². The van der Waals surface area contributed by atoms with Gasteiger partial charge in [-0.2, -0.15) is 0 Å². The first kappa shape index (κ1) is 17.7. The maximum absolute atomic E-state index is 12.1. The minimum atomic E-state index is -0.742. The highest BCUT2D eigenvalue weighted by Gasteiger charge is 2.20. The summed E-state index contributed by atoms with van der Waals surface area (Å²) >= 11 is 1.54. The molecule has 2 rings (SSSR count). The minimum Gasteiger partial charge on any atom is -0.465 e. The molecule has 0 radical (unpaired) electrons. The highest BCUT2D eigenvalue weighted by molar-refractivity contribution is 7.09. The van der Waals surface area contributed by atoms with Gasteiger partial charge in [0.25, 0.3) is 5.91 Å². The maximum atomic E-state index is 12.1. The lowest BCUT2D eigenvalue weighted by molar-refractivity contribution is -0.133. The van der Waals surface area contributed by atoms with Crippen LogP contribution in [0.25, 0.3) is 0 Å². The highest BCUT2D eigenvalue weighted by atomic mass is 32.1. The van der Waals surface area contributed by atoms with Crippen LogP contribution >= 0.6 is 11.3 Å². The molecule has 0 fully saturated rings. The SMILES string of the molecule is COC(=O)c1ccccc1C(=O)OCC(=O)N(C)Cc1cccs1. The van der Waals surface area contributed by atoms with Crippen molar-refractivity contribution in [2.45, 2.75) is 6.54 Å². The quantitative estimate of drug-likeness (QED) is 0.750. The molecule has 1 aromatic carbocycles. The fraction of sp³-hybridized carbons (Fsp3) is 0.235. The van der Waals surface area contributed by atoms with E-state index in [-0.39, 0.29) is 17.0 Å². The lowest BCUT2D eigenvalue weighted by Gasteiger charge is -2.16. The first-order valence-electron chi connectivity index (χ1n) is 7.13. The molecule has 0 aliphatic rings. The monoisotopic (exact) mass is 347 g/mol. The molecule has 6 nitrogen and oxygen atoms in total. The summed E-state index contributed by atoms with van der Waals surface area (Å²) < 4.78 is 9.66. The largest absolute Gasteiger partial charge is 0.465 e. The van der Waals surface area contributed by atoms with Gasteiger partial charge < -0.3 is 14.4 Å². The Morgan fingerprint density at radius 1 is 1.04 bits per heavy atom. The van der Waals surface area contributed by atoms with E-state index in [0.717, 1.165) is 4.88 Å². The van der Waals surface area contributed by atoms with Gasteiger partial charge >= 0.3 is 11.9 Å². The standard InChI is InChI=1S/C17H17NO5S/c1-18(10-12-6-5-9-24-12)15(19)11-23-17(21)14-8-4-3-7-13(14)16(20)22-2/h3-9H,10-11H2,1-2H3. The van der Waals surface area contributed by atoms with E-state index in [4.69, 9.17) is 4.74 Å². The van der Waals surface area contributed by atoms with Crippen LogP contribution in [0.4, 0.5) is 0 Å². The molecule has 126 valence electrons. The summed E-state index contributed by atoms with van der Waals surface area (Å²) in [5.41, 5.74) is 0.169. The zero-order valence-electron chi connectivity index (χ0n) is 13.4. The van der Waals surface area contributed by atoms with E-state index < -0.39 is 18.5 Å². The number of benzene rings is 1. The third kappa shape index (κ3) is 4.42. The second kappa shape index (κ2) is 8.26. The number of carbonyl (C=O) groups excluding carboxylic acids is 3. The fourth-order valence-corrected chi connectivity index (χ4v) is 2.75. The van der Waals surface area contributed by atoms with Gasteiger partial charge in [-0.15, -0.1) is 11.3 Å². The summed E-state index contributed by atoms with van der Waals surface area (Å²) in [6.45, 7) is 0.0585. The first-order valence-corrected chi connectivity index (χ1v) is 8.01. The number of nitrogens with zero attached hydrogens (tertiary/aromatic N) is 1. The van der Waals surface area contributed by atoms with Gasteiger partial charge in [0, 0.05) is 11.9 Å². The molecule has 1 heterocycles. The second-order valence-electron chi connectivity index (χ2n) is 4.94. The fourth-order valence-electron chi connectivity index (χ4n) is 1.99. The average molecular weight is 347 g/mol. The molecule has 0 spiro atoms. The van der Waals surface area contributed by atoms with Crippen molar-refractivity contribution in [1.29, 1.82) is 0 Å². The summed E-state index contributed by atoms with van der Waals surface area (Å²) in [7, 11) is 2.87. The molecule has 1 amide bonds. The Balaban J connectivity index is 1.95. The van der Waals surface area contributed by atoms with Crippen molar-refractivity contribution in [1.82, 2.24) is 4.90 Å². The molecule has 0 N–H and O–H groups in total. The Kier molecular flexibility index (Phi) is 6.08. The van der Waals surface area contributed by atoms with Crippen LogP contribution in [0, 0.1) is 0 Å². The molecule has 0 saturated heterocycles. The normalized spacial score (nSPS) is 10.1. The Morgan fingerprint density at radius 3 is 2.29 bits per heavy atom. The molecule has 0 aliphatic heterocycles. The molecule has 1 aromatic heterocycles. The van der Waals surface area contributed by atoms with Crippen molar-refractivity contribution in [3.05, 3.63) is 57.8 Å². The number of thiophene rings is 1. The smallest absolute Gasteiger partial charge is 0.339 e. The van der Waals surface area contributed by atoms with Crippen LogP contribution in [-0.2, 0) is 20.8 Å². The first-order chi connectivity index (χ1) is 11.5. The van der Waals surface area contributed by atoms with Crippen LogP contribution in [0.1, 0.15) is 25.6 Å². The predicted octanol–water partition coefficient (Wildman–Crippen LogP) is 2.35. The van der Waals surface area contributed by atoms with Crippen LogP contribution < -0.4 is 0 Å². The predicted molar refractivity (Wildman–Crippen MR) is 88.9 cm³/mol. The number of hydrogen-bond acceptors (Lipinski definition) is 6. The molecule has 7 heteroatoms. The molecule has 0 bridgehead atoms. The molecule has 0 atom stereocenters. The van der Waals surface area contributed by atoms with Crippen LogP contribution in [0.3, 0.4) is 0 Å². The van der Waals surface area contributed by atoms with E-state index in [9.17, 15) is 14.4 Å². The van der Waals surface area contributed by atoms with Crippen molar-refractivity contribution in [3.63, 3.8) is 0 Å². The molecule has 2 aromatic rings. The van der Waals surface area contributed by atoms with Gasteiger partial charge in [0.05, 0.1) is 24.8 Å². The zero-order chi connectivity index (χ0) is 17.5. The number of ether oxygens (including phenoxy) is 2. The van der Waals surface area contributed by atoms with Gasteiger partial charge in [-0.3, -0.25) is 4.79 Å². The lowest BCUT2D eigenvalue weighted by atomic mass is 10.1. The number of esters is 2. The van der Waals surface area contributed by atoms with Gasteiger partial charge in [0.1, 0.15) is 0 Å². The number of methoxy groups -OCH3 is 1. The summed E-state index contributed by atoms with van der Waals surface area (Å²) in [6, 6.07) is 9.97. The van der Waals surface area contributed by atoms with E-state index in [1.54, 1.807) is 30.5 Å². The molecule has 24 heavy (non-hydrogen) atoms. The third-order valence-electron chi connectivity index (χ3n) is 3.28. The van der Waals surface area contributed by atoms with Crippen LogP contribution in [0.15, 0.2) is 41.8 Å². The zero-order valence-corrected chi connectivity index (χ0v) is 14.2. The molecule has 0 unspecified atom stereocenters. The Labute approximate surface area is 143 Å². The number of amides is 1. The van der Waals surface area contributed by atoms with Crippen molar-refractivity contribution in [3.8, 4) is 0 Å². The molecule has 0 saturated carbocycles. The van der Waals surface area contributed by atoms with Crippen molar-refractivity contribution < 1.29 is 23.9 Å². The van der Waals surface area contributed by atoms with Gasteiger partial charge in [-0.1, -0.05) is 18.2 Å². The van der Waals surface area contributed by atoms with E-state index in [0.29, 0.717) is 6.54 Å². The number of likely N-dealkylation sites (N-methyl/N-ethyl adjacent to an activating group) is 1. The lowest BCUT2D eigenvalue weighted by Crippen LogP contribution is -2.30. The average Bonchev–Trinajstić information content (AvgIpc) is 3.11. The minimum absolute atomic E-state index is 0.0676. The van der Waals surface area contributed by atoms with Crippen LogP contribution in [0.5, 0.6) is 0 Å². The summed E-state index contributed by atoms with van der Waals surface area (Å²) in [5, 5.41) is 1.93. The highest BCUT2D eigenvalue weighted by Crippen LogP contribution is 2.13. The van der Waals surface area contributed by atoms with Crippen LogP contribution in [-0.4, -0.2) is 43.5 Å². The summed E-state index contributed by atoms with van der Waals surface area (Å²) in [6.07, 6.45) is 0. The molecular weight excluding hydrogens is 330 g/mol. The van der Waals surface area contributed by atoms with E-state index in [1.807, 2.05) is 17.5 Å². The summed E-state index contributed by atoms with van der Waals surface area (Å²) in [5.74, 6) is -1.70. The summed E-state index contributed by atoms with van der Waals surface area (Å²) in [4.78, 5) is 38.3. The Morgan fingerprint density at radius 2 is 1.71 bits per heavy atom.